The number of nitrogens with zero attached hydrogens (tertiary/aromatic N) is 4. The number of esters is 1. The van der Waals surface area contributed by atoms with Crippen molar-refractivity contribution >= 4 is 17.6 Å². The van der Waals surface area contributed by atoms with Gasteiger partial charge in [-0.3, -0.25) is 9.78 Å². The van der Waals surface area contributed by atoms with Gasteiger partial charge >= 0.3 is 5.97 Å². The molecule has 1 aromatic carbocycles. The molecule has 3 rings (SSSR count). The van der Waals surface area contributed by atoms with Crippen molar-refractivity contribution in [3.05, 3.63) is 66.0 Å². The van der Waals surface area contributed by atoms with Gasteiger partial charge in [-0.2, -0.15) is 5.10 Å². The molecule has 0 bridgehead atoms. The molecule has 0 aliphatic rings. The molecule has 2 aromatic heterocycles. The van der Waals surface area contributed by atoms with Crippen LogP contribution in [0.3, 0.4) is 0 Å². The van der Waals surface area contributed by atoms with Crippen LogP contribution in [-0.4, -0.2) is 38.2 Å². The van der Waals surface area contributed by atoms with E-state index in [2.05, 4.69) is 20.4 Å². The van der Waals surface area contributed by atoms with Gasteiger partial charge in [0, 0.05) is 18.1 Å². The molecule has 8 heteroatoms. The molecule has 0 fully saturated rings. The van der Waals surface area contributed by atoms with E-state index in [9.17, 15) is 9.59 Å². The molecular weight excluding hydrogens is 334 g/mol. The maximum atomic E-state index is 12.1. The standard InChI is InChI=1S/C18H17N5O3/c1-3-26-18(25)15-10-21-23(12(15)2)14-6-4-13(5-7-14)22-17(24)16-11-19-8-9-20-16/h4-11H,3H2,1-2H3,(H,22,24). The minimum absolute atomic E-state index is 0.235. The number of nitrogens with one attached hydrogen (secondary N) is 1. The van der Waals surface area contributed by atoms with Crippen LogP contribution in [0, 0.1) is 6.92 Å². The number of ether oxygens (including phenoxy) is 1. The zero-order valence-electron chi connectivity index (χ0n) is 14.3. The number of amides is 1. The summed E-state index contributed by atoms with van der Waals surface area (Å²) in [6.45, 7) is 3.86. The largest absolute Gasteiger partial charge is 0.462 e. The lowest BCUT2D eigenvalue weighted by atomic mass is 10.2. The highest BCUT2D eigenvalue weighted by Gasteiger charge is 2.16. The van der Waals surface area contributed by atoms with Crippen molar-refractivity contribution in [1.82, 2.24) is 19.7 Å². The fourth-order valence-corrected chi connectivity index (χ4v) is 2.38. The van der Waals surface area contributed by atoms with Gasteiger partial charge in [0.2, 0.25) is 0 Å². The zero-order chi connectivity index (χ0) is 18.5. The third-order valence-corrected chi connectivity index (χ3v) is 3.67. The van der Waals surface area contributed by atoms with E-state index >= 15 is 0 Å². The van der Waals surface area contributed by atoms with Crippen molar-refractivity contribution in [3.8, 4) is 5.69 Å². The fourth-order valence-electron chi connectivity index (χ4n) is 2.38. The Morgan fingerprint density at radius 1 is 1.15 bits per heavy atom. The van der Waals surface area contributed by atoms with Crippen LogP contribution in [0.5, 0.6) is 0 Å². The van der Waals surface area contributed by atoms with Crippen LogP contribution in [-0.2, 0) is 4.74 Å². The summed E-state index contributed by atoms with van der Waals surface area (Å²) in [5, 5.41) is 6.98. The Hall–Kier alpha value is -3.55. The second kappa shape index (κ2) is 7.56. The van der Waals surface area contributed by atoms with E-state index in [0.29, 0.717) is 23.6 Å². The predicted molar refractivity (Wildman–Crippen MR) is 94.2 cm³/mol. The summed E-state index contributed by atoms with van der Waals surface area (Å²) in [5.74, 6) is -0.741. The Kier molecular flexibility index (Phi) is 5.02. The van der Waals surface area contributed by atoms with Gasteiger partial charge in [0.25, 0.3) is 5.91 Å². The maximum absolute atomic E-state index is 12.1. The van der Waals surface area contributed by atoms with Crippen molar-refractivity contribution in [3.63, 3.8) is 0 Å². The maximum Gasteiger partial charge on any atom is 0.341 e. The van der Waals surface area contributed by atoms with Gasteiger partial charge in [-0.1, -0.05) is 0 Å². The second-order valence-electron chi connectivity index (χ2n) is 5.37. The molecule has 0 atom stereocenters. The molecule has 132 valence electrons. The Balaban J connectivity index is 1.76. The molecule has 2 heterocycles. The van der Waals surface area contributed by atoms with E-state index in [-0.39, 0.29) is 11.6 Å². The number of rotatable bonds is 5. The quantitative estimate of drug-likeness (QED) is 0.709. The minimum atomic E-state index is -0.399. The van der Waals surface area contributed by atoms with E-state index in [0.717, 1.165) is 5.69 Å². The molecule has 0 radical (unpaired) electrons. The average Bonchev–Trinajstić information content (AvgIpc) is 3.05. The molecule has 0 spiro atoms. The lowest BCUT2D eigenvalue weighted by Gasteiger charge is -2.08. The minimum Gasteiger partial charge on any atom is -0.462 e. The van der Waals surface area contributed by atoms with Crippen LogP contribution in [0.15, 0.2) is 49.1 Å². The average molecular weight is 351 g/mol. The number of anilines is 1. The highest BCUT2D eigenvalue weighted by Crippen LogP contribution is 2.18. The summed E-state index contributed by atoms with van der Waals surface area (Å²) in [4.78, 5) is 31.8. The predicted octanol–water partition coefficient (Wildman–Crippen LogP) is 2.40. The zero-order valence-corrected chi connectivity index (χ0v) is 14.3. The first-order chi connectivity index (χ1) is 12.6. The lowest BCUT2D eigenvalue weighted by Crippen LogP contribution is -2.13. The molecule has 0 unspecified atom stereocenters. The number of hydrogen-bond donors (Lipinski definition) is 1. The Morgan fingerprint density at radius 2 is 1.92 bits per heavy atom. The van der Waals surface area contributed by atoms with Crippen molar-refractivity contribution in [2.45, 2.75) is 13.8 Å². The van der Waals surface area contributed by atoms with Gasteiger partial charge in [-0.05, 0) is 38.1 Å². The topological polar surface area (TPSA) is 99.0 Å². The van der Waals surface area contributed by atoms with Crippen molar-refractivity contribution < 1.29 is 14.3 Å². The number of benzene rings is 1. The number of hydrogen-bond acceptors (Lipinski definition) is 6. The van der Waals surface area contributed by atoms with Crippen LogP contribution in [0.1, 0.15) is 33.5 Å². The van der Waals surface area contributed by atoms with Gasteiger partial charge in [0.15, 0.2) is 0 Å². The number of carbonyl (C=O) groups excluding carboxylic acids is 2. The highest BCUT2D eigenvalue weighted by atomic mass is 16.5. The lowest BCUT2D eigenvalue weighted by molar-refractivity contribution is 0.0525. The molecular formula is C18H17N5O3. The van der Waals surface area contributed by atoms with Gasteiger partial charge in [-0.15, -0.1) is 0 Å². The SMILES string of the molecule is CCOC(=O)c1cnn(-c2ccc(NC(=O)c3cnccn3)cc2)c1C. The molecule has 3 aromatic rings. The normalized spacial score (nSPS) is 10.4. The first kappa shape index (κ1) is 17.3. The molecule has 0 aliphatic heterocycles. The van der Waals surface area contributed by atoms with Crippen LogP contribution in [0.4, 0.5) is 5.69 Å². The van der Waals surface area contributed by atoms with Gasteiger partial charge in [-0.25, -0.2) is 14.5 Å². The third kappa shape index (κ3) is 3.59. The first-order valence-electron chi connectivity index (χ1n) is 7.99. The molecule has 0 aliphatic carbocycles. The van der Waals surface area contributed by atoms with Crippen molar-refractivity contribution in [2.75, 3.05) is 11.9 Å². The van der Waals surface area contributed by atoms with Gasteiger partial charge in [0.1, 0.15) is 11.3 Å². The van der Waals surface area contributed by atoms with Crippen LogP contribution >= 0.6 is 0 Å². The molecule has 1 amide bonds. The summed E-state index contributed by atoms with van der Waals surface area (Å²) in [5.41, 5.74) is 2.71. The van der Waals surface area contributed by atoms with E-state index in [1.807, 2.05) is 0 Å². The monoisotopic (exact) mass is 351 g/mol. The van der Waals surface area contributed by atoms with Gasteiger partial charge < -0.3 is 10.1 Å². The van der Waals surface area contributed by atoms with Crippen LogP contribution in [0.2, 0.25) is 0 Å². The summed E-state index contributed by atoms with van der Waals surface area (Å²) >= 11 is 0. The molecule has 26 heavy (non-hydrogen) atoms. The second-order valence-corrected chi connectivity index (χ2v) is 5.37. The summed E-state index contributed by atoms with van der Waals surface area (Å²) < 4.78 is 6.65. The van der Waals surface area contributed by atoms with E-state index < -0.39 is 5.97 Å². The van der Waals surface area contributed by atoms with Crippen LogP contribution in [0.25, 0.3) is 5.69 Å². The fraction of sp³-hybridized carbons (Fsp3) is 0.167. The summed E-state index contributed by atoms with van der Waals surface area (Å²) in [6.07, 6.45) is 5.84. The summed E-state index contributed by atoms with van der Waals surface area (Å²) in [6, 6.07) is 7.08. The third-order valence-electron chi connectivity index (χ3n) is 3.67. The molecule has 0 saturated carbocycles. The first-order valence-corrected chi connectivity index (χ1v) is 7.99. The smallest absolute Gasteiger partial charge is 0.341 e. The van der Waals surface area contributed by atoms with Crippen LogP contribution < -0.4 is 5.32 Å². The Labute approximate surface area is 149 Å². The number of carbonyl (C=O) groups is 2. The molecule has 8 nitrogen and oxygen atoms in total. The van der Waals surface area contributed by atoms with E-state index in [1.165, 1.54) is 24.8 Å². The van der Waals surface area contributed by atoms with Gasteiger partial charge in [0.05, 0.1) is 30.4 Å². The summed E-state index contributed by atoms with van der Waals surface area (Å²) in [7, 11) is 0. The highest BCUT2D eigenvalue weighted by molar-refractivity contribution is 6.02. The van der Waals surface area contributed by atoms with Crippen molar-refractivity contribution in [2.24, 2.45) is 0 Å². The van der Waals surface area contributed by atoms with E-state index in [4.69, 9.17) is 4.74 Å². The Bertz CT molecular complexity index is 920. The van der Waals surface area contributed by atoms with E-state index in [1.54, 1.807) is 42.8 Å². The molecule has 0 saturated heterocycles. The Morgan fingerprint density at radius 3 is 2.58 bits per heavy atom. The number of aromatic nitrogens is 4. The molecule has 1 N–H and O–H groups in total. The van der Waals surface area contributed by atoms with Crippen molar-refractivity contribution in [1.29, 1.82) is 0 Å².